The van der Waals surface area contributed by atoms with Crippen molar-refractivity contribution in [3.63, 3.8) is 0 Å². The van der Waals surface area contributed by atoms with Gasteiger partial charge in [-0.3, -0.25) is 4.79 Å². The highest BCUT2D eigenvalue weighted by Gasteiger charge is 2.53. The molecule has 1 heterocycles. The Morgan fingerprint density at radius 1 is 1.37 bits per heavy atom. The molecule has 1 atom stereocenters. The van der Waals surface area contributed by atoms with E-state index in [0.717, 1.165) is 24.2 Å². The molecule has 0 spiro atoms. The number of aryl methyl sites for hydroxylation is 1. The van der Waals surface area contributed by atoms with Crippen molar-refractivity contribution in [1.82, 2.24) is 15.1 Å². The average Bonchev–Trinajstić information content (AvgIpc) is 2.97. The molecule has 148 valence electrons. The van der Waals surface area contributed by atoms with E-state index < -0.39 is 4.92 Å². The molecule has 1 N–H and O–H groups in total. The predicted octanol–water partition coefficient (Wildman–Crippen LogP) is 4.06. The lowest BCUT2D eigenvalue weighted by atomic mass is 9.47. The van der Waals surface area contributed by atoms with Crippen molar-refractivity contribution in [1.29, 1.82) is 0 Å². The third-order valence-electron chi connectivity index (χ3n) is 7.01. The van der Waals surface area contributed by atoms with Gasteiger partial charge in [0.05, 0.1) is 17.8 Å². The lowest BCUT2D eigenvalue weighted by molar-refractivity contribution is -0.390. The van der Waals surface area contributed by atoms with Crippen LogP contribution in [0.25, 0.3) is 0 Å². The Morgan fingerprint density at radius 2 is 1.96 bits per heavy atom. The maximum Gasteiger partial charge on any atom is 0.404 e. The molecule has 4 fully saturated rings. The number of hydrogen-bond acceptors (Lipinski definition) is 4. The summed E-state index contributed by atoms with van der Waals surface area (Å²) in [7, 11) is 0. The lowest BCUT2D eigenvalue weighted by Gasteiger charge is -2.59. The fourth-order valence-corrected chi connectivity index (χ4v) is 6.86. The largest absolute Gasteiger partial charge is 0.404 e. The van der Waals surface area contributed by atoms with Gasteiger partial charge >= 0.3 is 5.82 Å². The zero-order valence-electron chi connectivity index (χ0n) is 15.7. The minimum Gasteiger partial charge on any atom is -0.358 e. The summed E-state index contributed by atoms with van der Waals surface area (Å²) in [6.45, 7) is 2.52. The summed E-state index contributed by atoms with van der Waals surface area (Å²) in [5.74, 6) is 2.40. The van der Waals surface area contributed by atoms with Gasteiger partial charge in [-0.05, 0) is 89.0 Å². The standard InChI is InChI=1S/C19H27BrN4O3/c1-2-16(19-8-12-5-13(9-19)7-14(6-12)10-19)21-17(25)3-4-23-11-15(20)18(22-23)24(26)27/h11-14,16H,2-10H2,1H3,(H,21,25). The topological polar surface area (TPSA) is 90.1 Å². The molecule has 27 heavy (non-hydrogen) atoms. The van der Waals surface area contributed by atoms with E-state index in [9.17, 15) is 14.9 Å². The number of aromatic nitrogens is 2. The molecule has 0 radical (unpaired) electrons. The van der Waals surface area contributed by atoms with Gasteiger partial charge in [-0.25, -0.2) is 0 Å². The van der Waals surface area contributed by atoms with E-state index in [1.807, 2.05) is 0 Å². The van der Waals surface area contributed by atoms with Crippen LogP contribution in [0.1, 0.15) is 58.3 Å². The van der Waals surface area contributed by atoms with Crippen LogP contribution in [-0.2, 0) is 11.3 Å². The van der Waals surface area contributed by atoms with Crippen molar-refractivity contribution in [3.8, 4) is 0 Å². The number of carbonyl (C=O) groups is 1. The van der Waals surface area contributed by atoms with Gasteiger partial charge in [0.25, 0.3) is 0 Å². The maximum absolute atomic E-state index is 12.6. The fraction of sp³-hybridized carbons (Fsp3) is 0.789. The normalized spacial score (nSPS) is 32.4. The second-order valence-corrected chi connectivity index (χ2v) is 9.73. The molecule has 1 amide bonds. The first kappa shape index (κ1) is 18.9. The summed E-state index contributed by atoms with van der Waals surface area (Å²) in [4.78, 5) is 23.0. The first-order valence-corrected chi connectivity index (χ1v) is 10.8. The Hall–Kier alpha value is -1.44. The van der Waals surface area contributed by atoms with Crippen LogP contribution < -0.4 is 5.32 Å². The van der Waals surface area contributed by atoms with Crippen LogP contribution in [0.5, 0.6) is 0 Å². The van der Waals surface area contributed by atoms with Crippen molar-refractivity contribution < 1.29 is 9.72 Å². The molecule has 1 aromatic heterocycles. The summed E-state index contributed by atoms with van der Waals surface area (Å²) in [5.41, 5.74) is 0.298. The Morgan fingerprint density at radius 3 is 2.44 bits per heavy atom. The van der Waals surface area contributed by atoms with Gasteiger partial charge in [0.1, 0.15) is 4.47 Å². The van der Waals surface area contributed by atoms with E-state index in [0.29, 0.717) is 16.4 Å². The number of nitrogens with zero attached hydrogens (tertiary/aromatic N) is 3. The van der Waals surface area contributed by atoms with Gasteiger partial charge < -0.3 is 15.4 Å². The molecule has 8 heteroatoms. The van der Waals surface area contributed by atoms with Crippen molar-refractivity contribution >= 4 is 27.7 Å². The van der Waals surface area contributed by atoms with Crippen LogP contribution in [0.15, 0.2) is 10.7 Å². The van der Waals surface area contributed by atoms with E-state index in [2.05, 4.69) is 33.3 Å². The van der Waals surface area contributed by atoms with E-state index in [4.69, 9.17) is 0 Å². The number of halogens is 1. The monoisotopic (exact) mass is 438 g/mol. The van der Waals surface area contributed by atoms with Crippen molar-refractivity contribution in [2.45, 2.75) is 70.9 Å². The van der Waals surface area contributed by atoms with Gasteiger partial charge in [0.15, 0.2) is 0 Å². The van der Waals surface area contributed by atoms with Gasteiger partial charge in [0, 0.05) is 12.5 Å². The molecule has 1 aromatic rings. The van der Waals surface area contributed by atoms with Gasteiger partial charge in [-0.2, -0.15) is 4.68 Å². The molecule has 0 saturated heterocycles. The van der Waals surface area contributed by atoms with Crippen LogP contribution in [0.4, 0.5) is 5.82 Å². The number of nitro groups is 1. The third kappa shape index (κ3) is 3.65. The highest BCUT2D eigenvalue weighted by atomic mass is 79.9. The summed E-state index contributed by atoms with van der Waals surface area (Å²) in [6, 6.07) is 0.247. The lowest BCUT2D eigenvalue weighted by Crippen LogP contribution is -2.56. The number of hydrogen-bond donors (Lipinski definition) is 1. The Balaban J connectivity index is 1.37. The summed E-state index contributed by atoms with van der Waals surface area (Å²) in [5, 5.41) is 18.1. The van der Waals surface area contributed by atoms with Crippen LogP contribution in [0, 0.1) is 33.3 Å². The number of nitrogens with one attached hydrogen (secondary N) is 1. The molecule has 4 aliphatic carbocycles. The smallest absolute Gasteiger partial charge is 0.358 e. The third-order valence-corrected chi connectivity index (χ3v) is 7.57. The van der Waals surface area contributed by atoms with Gasteiger partial charge in [0.2, 0.25) is 5.91 Å². The zero-order valence-corrected chi connectivity index (χ0v) is 17.3. The van der Waals surface area contributed by atoms with E-state index in [1.54, 1.807) is 6.20 Å². The molecule has 7 nitrogen and oxygen atoms in total. The Kier molecular flexibility index (Phi) is 5.03. The number of amides is 1. The Labute approximate surface area is 167 Å². The zero-order chi connectivity index (χ0) is 19.2. The minimum absolute atomic E-state index is 0.0203. The molecule has 5 rings (SSSR count). The quantitative estimate of drug-likeness (QED) is 0.513. The molecule has 4 bridgehead atoms. The first-order chi connectivity index (χ1) is 12.9. The predicted molar refractivity (Wildman–Crippen MR) is 104 cm³/mol. The van der Waals surface area contributed by atoms with E-state index in [1.165, 1.54) is 43.2 Å². The molecule has 0 aliphatic heterocycles. The van der Waals surface area contributed by atoms with E-state index >= 15 is 0 Å². The highest BCUT2D eigenvalue weighted by Crippen LogP contribution is 2.61. The molecule has 0 aromatic carbocycles. The molecular weight excluding hydrogens is 412 g/mol. The second kappa shape index (κ2) is 7.18. The molecule has 4 aliphatic rings. The van der Waals surface area contributed by atoms with Gasteiger partial charge in [-0.1, -0.05) is 6.92 Å². The average molecular weight is 439 g/mol. The summed E-state index contributed by atoms with van der Waals surface area (Å²) < 4.78 is 1.81. The van der Waals surface area contributed by atoms with Crippen LogP contribution in [-0.4, -0.2) is 26.7 Å². The van der Waals surface area contributed by atoms with E-state index in [-0.39, 0.29) is 24.2 Å². The number of carbonyl (C=O) groups excluding carboxylic acids is 1. The van der Waals surface area contributed by atoms with Crippen molar-refractivity contribution in [3.05, 3.63) is 20.8 Å². The van der Waals surface area contributed by atoms with Crippen LogP contribution >= 0.6 is 15.9 Å². The second-order valence-electron chi connectivity index (χ2n) is 8.88. The van der Waals surface area contributed by atoms with Crippen molar-refractivity contribution in [2.24, 2.45) is 23.2 Å². The number of rotatable bonds is 7. The SMILES string of the molecule is CCC(NC(=O)CCn1cc(Br)c([N+](=O)[O-])n1)C12CC3CC(CC(C3)C1)C2. The first-order valence-electron chi connectivity index (χ1n) is 10.0. The van der Waals surface area contributed by atoms with Crippen LogP contribution in [0.2, 0.25) is 0 Å². The molecular formula is C19H27BrN4O3. The molecule has 4 saturated carbocycles. The summed E-state index contributed by atoms with van der Waals surface area (Å²) in [6.07, 6.45) is 10.8. The minimum atomic E-state index is -0.527. The fourth-order valence-electron chi connectivity index (χ4n) is 6.40. The summed E-state index contributed by atoms with van der Waals surface area (Å²) >= 11 is 3.14. The highest BCUT2D eigenvalue weighted by molar-refractivity contribution is 9.10. The maximum atomic E-state index is 12.6. The van der Waals surface area contributed by atoms with Gasteiger partial charge in [-0.15, -0.1) is 0 Å². The molecule has 1 unspecified atom stereocenters. The van der Waals surface area contributed by atoms with Crippen LogP contribution in [0.3, 0.4) is 0 Å². The Bertz CT molecular complexity index is 712. The van der Waals surface area contributed by atoms with Crippen molar-refractivity contribution in [2.75, 3.05) is 0 Å².